The number of hydrogen-bond donors (Lipinski definition) is 1. The molecule has 0 saturated carbocycles. The van der Waals surface area contributed by atoms with E-state index in [2.05, 4.69) is 215 Å². The van der Waals surface area contributed by atoms with Gasteiger partial charge in [-0.25, -0.2) is 8.42 Å². The third kappa shape index (κ3) is 46.4. The van der Waals surface area contributed by atoms with E-state index in [1.54, 1.807) is 124 Å². The van der Waals surface area contributed by atoms with Crippen LogP contribution in [0.4, 0.5) is 0 Å². The van der Waals surface area contributed by atoms with Crippen molar-refractivity contribution in [3.05, 3.63) is 289 Å². The SMILES string of the molecule is CCc1ccc(C)s1.CNC(=O)c1ccc(C)s1.CSc1ccc(C)s1.Cc1ccc(-c2ccccn2)s1.Cc1ccc(Br)s1.Cc1ccc(C(=O)N(C)C)s1.Cc1ccc(C)s1.Cc1ccc(Cl)s1.Cc1ccc(S(C)(=O)=O)s1.Cc1ccc(S(C)=O)s1.Cc1cccs1.Cc1ccsc1.Cc1csc(C)c1. The Bertz CT molecular complexity index is 4510. The number of aryl methyl sites for hydroxylation is 16. The first-order valence-corrected chi connectivity index (χ1v) is 50.1. The number of thiophene rings is 13. The summed E-state index contributed by atoms with van der Waals surface area (Å²) in [6.07, 6.45) is 8.03. The van der Waals surface area contributed by atoms with E-state index in [1.165, 1.54) is 134 Å². The second-order valence-corrected chi connectivity index (χ2v) is 46.4. The Hall–Kier alpha value is -4.59. The second kappa shape index (κ2) is 55.8. The van der Waals surface area contributed by atoms with Crippen molar-refractivity contribution in [3.8, 4) is 10.6 Å². The lowest BCUT2D eigenvalue weighted by Gasteiger charge is -2.06. The van der Waals surface area contributed by atoms with E-state index in [1.807, 2.05) is 153 Å². The lowest BCUT2D eigenvalue weighted by molar-refractivity contribution is 0.0831. The number of carbonyl (C=O) groups is 2. The van der Waals surface area contributed by atoms with Gasteiger partial charge in [0.1, 0.15) is 4.21 Å². The fraction of sp³-hybridized carbons (Fsp3) is 0.280. The van der Waals surface area contributed by atoms with Gasteiger partial charge in [-0.2, -0.15) is 11.3 Å². The van der Waals surface area contributed by atoms with E-state index in [4.69, 9.17) is 11.6 Å². The van der Waals surface area contributed by atoms with E-state index in [-0.39, 0.29) is 11.8 Å². The number of nitrogens with zero attached hydrogens (tertiary/aromatic N) is 2. The maximum Gasteiger partial charge on any atom is 0.263 e. The molecule has 0 bridgehead atoms. The maximum atomic E-state index is 11.3. The Kier molecular flexibility index (Phi) is 51.4. The minimum Gasteiger partial charge on any atom is -0.354 e. The quantitative estimate of drug-likeness (QED) is 0.158. The molecule has 0 aliphatic rings. The molecule has 584 valence electrons. The summed E-state index contributed by atoms with van der Waals surface area (Å²) in [5.41, 5.74) is 3.80. The Morgan fingerprint density at radius 2 is 1.05 bits per heavy atom. The van der Waals surface area contributed by atoms with Crippen molar-refractivity contribution in [2.45, 2.75) is 130 Å². The zero-order valence-electron chi connectivity index (χ0n) is 65.4. The van der Waals surface area contributed by atoms with Crippen LogP contribution in [0.1, 0.15) is 106 Å². The van der Waals surface area contributed by atoms with Gasteiger partial charge in [0.05, 0.1) is 47.7 Å². The molecule has 0 fully saturated rings. The molecule has 14 aromatic rings. The fourth-order valence-corrected chi connectivity index (χ4v) is 21.2. The molecule has 0 spiro atoms. The van der Waals surface area contributed by atoms with Crippen LogP contribution in [0.25, 0.3) is 10.6 Å². The number of halogens is 2. The molecule has 0 aliphatic heterocycles. The predicted octanol–water partition coefficient (Wildman–Crippen LogP) is 29.3. The molecule has 0 radical (unpaired) electrons. The molecular weight excluding hydrogens is 1740 g/mol. The highest BCUT2D eigenvalue weighted by Gasteiger charge is 2.10. The van der Waals surface area contributed by atoms with Gasteiger partial charge in [0.15, 0.2) is 9.84 Å². The van der Waals surface area contributed by atoms with E-state index in [0.29, 0.717) is 4.21 Å². The van der Waals surface area contributed by atoms with Crippen molar-refractivity contribution in [3.63, 3.8) is 0 Å². The van der Waals surface area contributed by atoms with Gasteiger partial charge in [-0.05, 0) is 317 Å². The Morgan fingerprint density at radius 1 is 0.519 bits per heavy atom. The number of amides is 2. The third-order valence-corrected chi connectivity index (χ3v) is 30.5. The minimum absolute atomic E-state index is 0.00176. The number of sulfone groups is 1. The van der Waals surface area contributed by atoms with Gasteiger partial charge in [0, 0.05) is 108 Å². The topological polar surface area (TPSA) is 114 Å². The normalized spacial score (nSPS) is 10.1. The average Bonchev–Trinajstić information content (AvgIpc) is 1.72. The van der Waals surface area contributed by atoms with Gasteiger partial charge in [0.2, 0.25) is 0 Å². The van der Waals surface area contributed by atoms with Crippen molar-refractivity contribution in [2.24, 2.45) is 0 Å². The summed E-state index contributed by atoms with van der Waals surface area (Å²) in [6.45, 7) is 33.3. The van der Waals surface area contributed by atoms with E-state index in [9.17, 15) is 22.2 Å². The molecule has 1 unspecified atom stereocenters. The highest BCUT2D eigenvalue weighted by molar-refractivity contribution is 9.11. The second-order valence-electron chi connectivity index (χ2n) is 23.2. The van der Waals surface area contributed by atoms with Crippen molar-refractivity contribution < 1.29 is 22.2 Å². The summed E-state index contributed by atoms with van der Waals surface area (Å²) in [5, 5.41) is 11.0. The molecule has 1 atom stereocenters. The molecule has 14 rings (SSSR count). The highest BCUT2D eigenvalue weighted by Crippen LogP contribution is 2.27. The van der Waals surface area contributed by atoms with E-state index < -0.39 is 20.6 Å². The molecule has 14 heterocycles. The van der Waals surface area contributed by atoms with E-state index in [0.717, 1.165) is 28.9 Å². The molecule has 108 heavy (non-hydrogen) atoms. The summed E-state index contributed by atoms with van der Waals surface area (Å²) < 4.78 is 37.4. The smallest absolute Gasteiger partial charge is 0.263 e. The number of carbonyl (C=O) groups excluding carboxylic acids is 2. The Balaban J connectivity index is 0.000000399. The van der Waals surface area contributed by atoms with Crippen molar-refractivity contribution in [2.75, 3.05) is 39.9 Å². The largest absolute Gasteiger partial charge is 0.354 e. The van der Waals surface area contributed by atoms with Crippen molar-refractivity contribution >= 4 is 219 Å². The monoisotopic (exact) mass is 1830 g/mol. The van der Waals surface area contributed by atoms with Crippen LogP contribution >= 0.6 is 187 Å². The van der Waals surface area contributed by atoms with Gasteiger partial charge >= 0.3 is 0 Å². The van der Waals surface area contributed by atoms with Crippen molar-refractivity contribution in [1.29, 1.82) is 0 Å². The first kappa shape index (κ1) is 99.5. The number of thioether (sulfide) groups is 1. The summed E-state index contributed by atoms with van der Waals surface area (Å²) in [6, 6.07) is 54.6. The number of nitrogens with one attached hydrogen (secondary N) is 1. The summed E-state index contributed by atoms with van der Waals surface area (Å²) in [4.78, 5) is 49.3. The number of hydrogen-bond acceptors (Lipinski definition) is 20. The highest BCUT2D eigenvalue weighted by atomic mass is 79.9. The molecule has 14 aromatic heterocycles. The molecule has 0 aliphatic carbocycles. The summed E-state index contributed by atoms with van der Waals surface area (Å²) in [7, 11) is 1.41. The Morgan fingerprint density at radius 3 is 1.31 bits per heavy atom. The first-order chi connectivity index (χ1) is 51.0. The minimum atomic E-state index is -2.96. The lowest BCUT2D eigenvalue weighted by atomic mass is 10.3. The van der Waals surface area contributed by atoms with Crippen LogP contribution < -0.4 is 5.32 Å². The van der Waals surface area contributed by atoms with Gasteiger partial charge < -0.3 is 10.2 Å². The van der Waals surface area contributed by atoms with Gasteiger partial charge in [0.25, 0.3) is 11.8 Å². The molecule has 26 heteroatoms. The fourth-order valence-electron chi connectivity index (χ4n) is 7.54. The molecule has 0 saturated heterocycles. The summed E-state index contributed by atoms with van der Waals surface area (Å²) in [5.74, 6) is 0.0844. The average molecular weight is 1840 g/mol. The molecule has 8 nitrogen and oxygen atoms in total. The van der Waals surface area contributed by atoms with Crippen LogP contribution in [0, 0.1) is 104 Å². The van der Waals surface area contributed by atoms with Crippen LogP contribution in [-0.2, 0) is 27.1 Å². The molecule has 0 aromatic carbocycles. The number of pyridine rings is 1. The molecular formula is C82H101BrClN3O5S16. The summed E-state index contributed by atoms with van der Waals surface area (Å²) >= 11 is 32.7. The lowest BCUT2D eigenvalue weighted by Crippen LogP contribution is -2.20. The van der Waals surface area contributed by atoms with E-state index >= 15 is 0 Å². The number of aromatic nitrogens is 1. The molecule has 2 amide bonds. The van der Waals surface area contributed by atoms with Crippen LogP contribution in [0.5, 0.6) is 0 Å². The Labute approximate surface area is 717 Å². The van der Waals surface area contributed by atoms with Crippen molar-refractivity contribution in [1.82, 2.24) is 15.2 Å². The van der Waals surface area contributed by atoms with Gasteiger partial charge in [-0.15, -0.1) is 148 Å². The molecule has 1 N–H and O–H groups in total. The zero-order chi connectivity index (χ0) is 80.9. The van der Waals surface area contributed by atoms with Crippen LogP contribution in [0.15, 0.2) is 208 Å². The zero-order valence-corrected chi connectivity index (χ0v) is 80.8. The van der Waals surface area contributed by atoms with Gasteiger partial charge in [-0.1, -0.05) is 30.7 Å². The maximum absolute atomic E-state index is 11.3. The number of rotatable bonds is 7. The standard InChI is InChI=1S/C10H9NS.C8H11NOS.C7H9NOS.C7H10S.C6H8O2S2.C6H8OS2.C6H8S2.2C6H8S.C5H5BrS.C5H5ClS.2C5H6S/c1-8-5-6-10(12-8)9-4-2-3-7-11-9;1-6-4-5-7(11-6)8(10)9(2)3;1-5-3-4-6(10-5)7(9)8-2;1-3-7-5-4-6(2)8-7;1-5-3-4-6(9-5)10(2,7)8;1-5-3-4-6(8-5)9(2)7;1-5-3-4-6(7-2)8-5;1-5-3-6(2)7-4-5;1-5-3-4-6(2)7-5;2*1-4-2-3-5(6)7-4;1-5-2-3-6-4-5;1-5-3-2-4-6-5/h2-7H,1H3;4-5H,1-3H3;3-4H,1-2H3,(H,8,9);4-5H,3H2,1-2H3;3-4H,1-2H3;3-4H,1-2H3;3-4H,1-2H3;2*3-4H,1-2H3;2*2-3H,1H3;2*2-4H,1H3. The van der Waals surface area contributed by atoms with Crippen LogP contribution in [-0.4, -0.2) is 74.2 Å². The van der Waals surface area contributed by atoms with Crippen LogP contribution in [0.2, 0.25) is 4.34 Å². The predicted molar refractivity (Wildman–Crippen MR) is 501 cm³/mol. The third-order valence-electron chi connectivity index (χ3n) is 12.8. The first-order valence-electron chi connectivity index (χ1n) is 33.3. The van der Waals surface area contributed by atoms with Crippen LogP contribution in [0.3, 0.4) is 0 Å². The van der Waals surface area contributed by atoms with Gasteiger partial charge in [-0.3, -0.25) is 18.8 Å².